The number of carbonyl (C=O) groups is 2. The second-order valence-electron chi connectivity index (χ2n) is 5.78. The van der Waals surface area contributed by atoms with Gasteiger partial charge in [-0.1, -0.05) is 0 Å². The summed E-state index contributed by atoms with van der Waals surface area (Å²) in [5, 5.41) is 0. The number of nitrogens with zero attached hydrogens (tertiary/aromatic N) is 3. The van der Waals surface area contributed by atoms with Crippen LogP contribution in [-0.4, -0.2) is 86.2 Å². The van der Waals surface area contributed by atoms with Crippen molar-refractivity contribution < 1.29 is 22.7 Å². The molecule has 1 aliphatic heterocycles. The maximum absolute atomic E-state index is 12.2. The summed E-state index contributed by atoms with van der Waals surface area (Å²) in [6, 6.07) is -0.182. The lowest BCUT2D eigenvalue weighted by atomic mass is 10.2. The maximum Gasteiger partial charge on any atom is 0.409 e. The van der Waals surface area contributed by atoms with E-state index in [9.17, 15) is 18.0 Å². The number of ether oxygens (including phenoxy) is 1. The molecule has 8 nitrogen and oxygen atoms in total. The summed E-state index contributed by atoms with van der Waals surface area (Å²) >= 11 is 0. The Bertz CT molecular complexity index is 513. The zero-order chi connectivity index (χ0) is 17.6. The first-order valence-electron chi connectivity index (χ1n) is 7.83. The Morgan fingerprint density at radius 3 is 2.09 bits per heavy atom. The number of hydrogen-bond donors (Lipinski definition) is 0. The molecule has 0 saturated carbocycles. The fourth-order valence-electron chi connectivity index (χ4n) is 2.52. The van der Waals surface area contributed by atoms with Gasteiger partial charge in [0.25, 0.3) is 0 Å². The van der Waals surface area contributed by atoms with Gasteiger partial charge < -0.3 is 14.5 Å². The van der Waals surface area contributed by atoms with Crippen LogP contribution in [0.15, 0.2) is 0 Å². The van der Waals surface area contributed by atoms with Crippen LogP contribution in [-0.2, 0) is 19.6 Å². The molecule has 0 aromatic rings. The summed E-state index contributed by atoms with van der Waals surface area (Å²) in [7, 11) is -3.32. The predicted molar refractivity (Wildman–Crippen MR) is 86.5 cm³/mol. The van der Waals surface area contributed by atoms with Gasteiger partial charge in [0, 0.05) is 45.2 Å². The highest BCUT2D eigenvalue weighted by Gasteiger charge is 2.26. The molecule has 23 heavy (non-hydrogen) atoms. The molecule has 1 aliphatic rings. The maximum atomic E-state index is 12.2. The van der Waals surface area contributed by atoms with Crippen LogP contribution in [0.25, 0.3) is 0 Å². The van der Waals surface area contributed by atoms with Gasteiger partial charge in [-0.3, -0.25) is 4.79 Å². The zero-order valence-electron chi connectivity index (χ0n) is 14.3. The highest BCUT2D eigenvalue weighted by molar-refractivity contribution is 7.88. The third kappa shape index (κ3) is 5.98. The van der Waals surface area contributed by atoms with E-state index in [1.54, 1.807) is 30.6 Å². The molecule has 1 rings (SSSR count). The molecule has 1 fully saturated rings. The van der Waals surface area contributed by atoms with Crippen LogP contribution in [0.1, 0.15) is 27.2 Å². The molecule has 0 radical (unpaired) electrons. The monoisotopic (exact) mass is 349 g/mol. The topological polar surface area (TPSA) is 87.2 Å². The summed E-state index contributed by atoms with van der Waals surface area (Å²) in [6.07, 6.45) is 0.933. The van der Waals surface area contributed by atoms with Crippen molar-refractivity contribution in [1.82, 2.24) is 14.1 Å². The summed E-state index contributed by atoms with van der Waals surface area (Å²) in [5.74, 6) is -0.0946. The Kier molecular flexibility index (Phi) is 7.27. The molecule has 0 spiro atoms. The van der Waals surface area contributed by atoms with Crippen molar-refractivity contribution in [2.75, 3.05) is 45.6 Å². The average molecular weight is 349 g/mol. The molecular weight excluding hydrogens is 322 g/mol. The van der Waals surface area contributed by atoms with E-state index in [1.165, 1.54) is 4.31 Å². The van der Waals surface area contributed by atoms with Crippen LogP contribution in [0.5, 0.6) is 0 Å². The fraction of sp³-hybridized carbons (Fsp3) is 0.857. The minimum atomic E-state index is -3.32. The number of rotatable bonds is 6. The highest BCUT2D eigenvalue weighted by Crippen LogP contribution is 2.09. The smallest absolute Gasteiger partial charge is 0.409 e. The lowest BCUT2D eigenvalue weighted by molar-refractivity contribution is -0.132. The minimum absolute atomic E-state index is 0.0946. The van der Waals surface area contributed by atoms with Crippen molar-refractivity contribution in [1.29, 1.82) is 0 Å². The highest BCUT2D eigenvalue weighted by atomic mass is 32.2. The van der Waals surface area contributed by atoms with Crippen molar-refractivity contribution in [2.24, 2.45) is 0 Å². The van der Waals surface area contributed by atoms with E-state index in [4.69, 9.17) is 4.74 Å². The second kappa shape index (κ2) is 8.49. The van der Waals surface area contributed by atoms with Crippen molar-refractivity contribution >= 4 is 22.0 Å². The molecule has 0 bridgehead atoms. The first kappa shape index (κ1) is 19.7. The summed E-state index contributed by atoms with van der Waals surface area (Å²) < 4.78 is 29.6. The first-order chi connectivity index (χ1) is 10.7. The van der Waals surface area contributed by atoms with Crippen LogP contribution >= 0.6 is 0 Å². The molecule has 0 unspecified atom stereocenters. The molecule has 0 aromatic heterocycles. The Balaban J connectivity index is 2.47. The summed E-state index contributed by atoms with van der Waals surface area (Å²) in [6.45, 7) is 7.57. The van der Waals surface area contributed by atoms with Crippen LogP contribution < -0.4 is 0 Å². The van der Waals surface area contributed by atoms with Gasteiger partial charge in [0.2, 0.25) is 15.9 Å². The molecule has 2 amide bonds. The Morgan fingerprint density at radius 2 is 1.65 bits per heavy atom. The van der Waals surface area contributed by atoms with E-state index in [0.717, 1.165) is 6.26 Å². The largest absolute Gasteiger partial charge is 0.450 e. The third-order valence-corrected chi connectivity index (χ3v) is 5.16. The lowest BCUT2D eigenvalue weighted by Gasteiger charge is -2.34. The summed E-state index contributed by atoms with van der Waals surface area (Å²) in [5.41, 5.74) is 0. The molecule has 0 atom stereocenters. The van der Waals surface area contributed by atoms with E-state index in [0.29, 0.717) is 32.8 Å². The van der Waals surface area contributed by atoms with E-state index in [-0.39, 0.29) is 31.0 Å². The average Bonchev–Trinajstić information content (AvgIpc) is 2.46. The number of hydrogen-bond acceptors (Lipinski definition) is 5. The van der Waals surface area contributed by atoms with E-state index >= 15 is 0 Å². The minimum Gasteiger partial charge on any atom is -0.450 e. The predicted octanol–water partition coefficient (Wildman–Crippen LogP) is 0.347. The van der Waals surface area contributed by atoms with E-state index in [2.05, 4.69) is 0 Å². The van der Waals surface area contributed by atoms with Crippen molar-refractivity contribution in [3.8, 4) is 0 Å². The van der Waals surface area contributed by atoms with Gasteiger partial charge >= 0.3 is 6.09 Å². The van der Waals surface area contributed by atoms with Crippen molar-refractivity contribution in [2.45, 2.75) is 33.2 Å². The number of carbonyl (C=O) groups excluding carboxylic acids is 2. The van der Waals surface area contributed by atoms with Gasteiger partial charge in [0.1, 0.15) is 0 Å². The van der Waals surface area contributed by atoms with Gasteiger partial charge in [0.05, 0.1) is 12.9 Å². The Morgan fingerprint density at radius 1 is 1.13 bits per heavy atom. The SMILES string of the molecule is CCOC(=O)N1CCN(C(=O)CCN(C(C)C)S(C)(=O)=O)CC1. The lowest BCUT2D eigenvalue weighted by Crippen LogP contribution is -2.51. The zero-order valence-corrected chi connectivity index (χ0v) is 15.1. The third-order valence-electron chi connectivity index (χ3n) is 3.71. The van der Waals surface area contributed by atoms with E-state index < -0.39 is 10.0 Å². The molecule has 0 N–H and O–H groups in total. The van der Waals surface area contributed by atoms with Crippen molar-refractivity contribution in [3.63, 3.8) is 0 Å². The molecule has 134 valence electrons. The van der Waals surface area contributed by atoms with Gasteiger partial charge in [0.15, 0.2) is 0 Å². The van der Waals surface area contributed by atoms with Crippen LogP contribution in [0.4, 0.5) is 4.79 Å². The molecule has 9 heteroatoms. The normalized spacial score (nSPS) is 16.1. The fourth-order valence-corrected chi connectivity index (χ4v) is 3.71. The summed E-state index contributed by atoms with van der Waals surface area (Å²) in [4.78, 5) is 27.1. The van der Waals surface area contributed by atoms with Crippen LogP contribution in [0, 0.1) is 0 Å². The second-order valence-corrected chi connectivity index (χ2v) is 7.72. The number of amides is 2. The van der Waals surface area contributed by atoms with Gasteiger partial charge in [-0.05, 0) is 20.8 Å². The van der Waals surface area contributed by atoms with Gasteiger partial charge in [-0.15, -0.1) is 0 Å². The Labute approximate surface area is 138 Å². The molecule has 0 aliphatic carbocycles. The number of sulfonamides is 1. The molecule has 0 aromatic carbocycles. The van der Waals surface area contributed by atoms with Gasteiger partial charge in [-0.2, -0.15) is 4.31 Å². The number of piperazine rings is 1. The van der Waals surface area contributed by atoms with Crippen LogP contribution in [0.2, 0.25) is 0 Å². The quantitative estimate of drug-likeness (QED) is 0.690. The van der Waals surface area contributed by atoms with Crippen molar-refractivity contribution in [3.05, 3.63) is 0 Å². The van der Waals surface area contributed by atoms with E-state index in [1.807, 2.05) is 0 Å². The standard InChI is InChI=1S/C14H27N3O5S/c1-5-22-14(19)16-10-8-15(9-11-16)13(18)6-7-17(12(2)3)23(4,20)21/h12H,5-11H2,1-4H3. The first-order valence-corrected chi connectivity index (χ1v) is 9.68. The van der Waals surface area contributed by atoms with Crippen LogP contribution in [0.3, 0.4) is 0 Å². The molecule has 1 heterocycles. The van der Waals surface area contributed by atoms with Gasteiger partial charge in [-0.25, -0.2) is 13.2 Å². The Hall–Kier alpha value is -1.35. The molecule has 1 saturated heterocycles. The molecular formula is C14H27N3O5S.